The van der Waals surface area contributed by atoms with Gasteiger partial charge in [-0.15, -0.1) is 10.2 Å². The van der Waals surface area contributed by atoms with E-state index in [1.807, 2.05) is 13.0 Å². The van der Waals surface area contributed by atoms with E-state index >= 15 is 0 Å². The molecule has 2 aromatic heterocycles. The Balaban J connectivity index is 0.00000117. The van der Waals surface area contributed by atoms with Gasteiger partial charge in [-0.05, 0) is 42.8 Å². The summed E-state index contributed by atoms with van der Waals surface area (Å²) in [4.78, 5) is 12.2. The Morgan fingerprint density at radius 3 is 2.55 bits per heavy atom. The number of aliphatic hydroxyl groups excluding tert-OH is 1. The summed E-state index contributed by atoms with van der Waals surface area (Å²) in [6, 6.07) is 12.4. The first-order valence-corrected chi connectivity index (χ1v) is 9.35. The molecule has 0 aliphatic heterocycles. The highest BCUT2D eigenvalue weighted by molar-refractivity contribution is 7.99. The summed E-state index contributed by atoms with van der Waals surface area (Å²) in [6.07, 6.45) is 2.58. The number of halogens is 2. The Bertz CT molecular complexity index is 1180. The van der Waals surface area contributed by atoms with E-state index in [0.29, 0.717) is 21.9 Å². The van der Waals surface area contributed by atoms with Crippen LogP contribution in [0.5, 0.6) is 0 Å². The number of aldehydes is 1. The lowest BCUT2D eigenvalue weighted by atomic mass is 10.1. The molecule has 1 N–H and O–H groups in total. The Morgan fingerprint density at radius 2 is 1.83 bits per heavy atom. The lowest BCUT2D eigenvalue weighted by Gasteiger charge is -2.07. The monoisotopic (exact) mass is 413 g/mol. The number of hydrogen-bond acceptors (Lipinski definition) is 5. The quantitative estimate of drug-likeness (QED) is 0.497. The maximum atomic E-state index is 13.9. The highest BCUT2D eigenvalue weighted by Gasteiger charge is 2.13. The minimum absolute atomic E-state index is 0.324. The third-order valence-electron chi connectivity index (χ3n) is 4.14. The van der Waals surface area contributed by atoms with E-state index in [1.54, 1.807) is 34.9 Å². The lowest BCUT2D eigenvalue weighted by Crippen LogP contribution is -1.94. The number of carbonyl (C=O) groups excluding carboxylic acids is 1. The van der Waals surface area contributed by atoms with E-state index < -0.39 is 11.6 Å². The fourth-order valence-corrected chi connectivity index (χ4v) is 3.59. The Labute approximate surface area is 170 Å². The SMILES string of the molecule is CO.Cc1ccc(C=O)cc1-c1nnc2ccc(Sc3ccc(F)cc3F)cn12. The van der Waals surface area contributed by atoms with Gasteiger partial charge >= 0.3 is 0 Å². The zero-order valence-electron chi connectivity index (χ0n) is 15.6. The third kappa shape index (κ3) is 4.33. The van der Waals surface area contributed by atoms with Crippen LogP contribution in [-0.2, 0) is 0 Å². The third-order valence-corrected chi connectivity index (χ3v) is 5.16. The van der Waals surface area contributed by atoms with Crippen LogP contribution in [0.2, 0.25) is 0 Å². The minimum atomic E-state index is -0.612. The molecular formula is C21H17F2N3O2S. The van der Waals surface area contributed by atoms with Gasteiger partial charge in [0.15, 0.2) is 11.5 Å². The van der Waals surface area contributed by atoms with E-state index in [9.17, 15) is 13.6 Å². The maximum Gasteiger partial charge on any atom is 0.168 e. The molecule has 148 valence electrons. The number of nitrogens with zero attached hydrogens (tertiary/aromatic N) is 3. The smallest absolute Gasteiger partial charge is 0.168 e. The van der Waals surface area contributed by atoms with Gasteiger partial charge in [0.05, 0.1) is 0 Å². The van der Waals surface area contributed by atoms with E-state index in [2.05, 4.69) is 10.2 Å². The van der Waals surface area contributed by atoms with Crippen LogP contribution in [0.4, 0.5) is 8.78 Å². The second kappa shape index (κ2) is 8.93. The summed E-state index contributed by atoms with van der Waals surface area (Å²) in [7, 11) is 1.00. The second-order valence-electron chi connectivity index (χ2n) is 5.99. The van der Waals surface area contributed by atoms with Crippen LogP contribution in [0, 0.1) is 18.6 Å². The molecule has 0 aliphatic carbocycles. The van der Waals surface area contributed by atoms with E-state index in [1.165, 1.54) is 23.9 Å². The Morgan fingerprint density at radius 1 is 1.03 bits per heavy atom. The van der Waals surface area contributed by atoms with Crippen molar-refractivity contribution in [2.75, 3.05) is 7.11 Å². The average molecular weight is 413 g/mol. The second-order valence-corrected chi connectivity index (χ2v) is 7.10. The molecule has 0 unspecified atom stereocenters. The zero-order chi connectivity index (χ0) is 21.0. The molecular weight excluding hydrogens is 396 g/mol. The summed E-state index contributed by atoms with van der Waals surface area (Å²) in [6.45, 7) is 1.93. The van der Waals surface area contributed by atoms with Gasteiger partial charge in [0.1, 0.15) is 17.9 Å². The van der Waals surface area contributed by atoms with Gasteiger partial charge in [-0.2, -0.15) is 0 Å². The van der Waals surface area contributed by atoms with Crippen LogP contribution < -0.4 is 0 Å². The van der Waals surface area contributed by atoms with Gasteiger partial charge in [-0.1, -0.05) is 23.9 Å². The van der Waals surface area contributed by atoms with Gasteiger partial charge in [0.25, 0.3) is 0 Å². The van der Waals surface area contributed by atoms with Crippen molar-refractivity contribution >= 4 is 23.7 Å². The molecule has 29 heavy (non-hydrogen) atoms. The highest BCUT2D eigenvalue weighted by atomic mass is 32.2. The molecule has 0 spiro atoms. The van der Waals surface area contributed by atoms with Crippen molar-refractivity contribution in [3.8, 4) is 11.4 Å². The molecule has 0 radical (unpaired) electrons. The summed E-state index contributed by atoms with van der Waals surface area (Å²) < 4.78 is 28.8. The molecule has 2 aromatic carbocycles. The van der Waals surface area contributed by atoms with Crippen molar-refractivity contribution in [2.24, 2.45) is 0 Å². The standard InChI is InChI=1S/C20H13F2N3OS.CH4O/c1-12-2-3-13(11-26)8-16(12)20-24-23-19-7-5-15(10-25(19)20)27-18-6-4-14(21)9-17(18)22;1-2/h2-11H,1H3;2H,1H3. The molecule has 0 amide bonds. The molecule has 0 atom stereocenters. The Kier molecular flexibility index (Phi) is 6.36. The minimum Gasteiger partial charge on any atom is -0.400 e. The first-order valence-electron chi connectivity index (χ1n) is 8.54. The topological polar surface area (TPSA) is 67.5 Å². The van der Waals surface area contributed by atoms with Crippen LogP contribution in [-0.4, -0.2) is 33.1 Å². The number of hydrogen-bond donors (Lipinski definition) is 1. The molecule has 2 heterocycles. The highest BCUT2D eigenvalue weighted by Crippen LogP contribution is 2.31. The molecule has 0 aliphatic rings. The van der Waals surface area contributed by atoms with Crippen molar-refractivity contribution in [2.45, 2.75) is 16.7 Å². The largest absolute Gasteiger partial charge is 0.400 e. The fourth-order valence-electron chi connectivity index (χ4n) is 2.75. The summed E-state index contributed by atoms with van der Waals surface area (Å²) in [5.41, 5.74) is 2.93. The number of carbonyl (C=O) groups is 1. The number of benzene rings is 2. The van der Waals surface area contributed by atoms with Crippen molar-refractivity contribution in [1.29, 1.82) is 0 Å². The van der Waals surface area contributed by atoms with E-state index in [0.717, 1.165) is 35.5 Å². The maximum absolute atomic E-state index is 13.9. The lowest BCUT2D eigenvalue weighted by molar-refractivity contribution is 0.112. The van der Waals surface area contributed by atoms with Gasteiger partial charge in [0, 0.05) is 40.3 Å². The fraction of sp³-hybridized carbons (Fsp3) is 0.0952. The van der Waals surface area contributed by atoms with Gasteiger partial charge < -0.3 is 5.11 Å². The van der Waals surface area contributed by atoms with Crippen molar-refractivity contribution in [3.63, 3.8) is 0 Å². The van der Waals surface area contributed by atoms with Crippen LogP contribution in [0.25, 0.3) is 17.0 Å². The molecule has 5 nitrogen and oxygen atoms in total. The number of pyridine rings is 1. The van der Waals surface area contributed by atoms with Crippen LogP contribution in [0.15, 0.2) is 64.5 Å². The first kappa shape index (κ1) is 20.6. The van der Waals surface area contributed by atoms with Crippen molar-refractivity contribution in [1.82, 2.24) is 14.6 Å². The number of fused-ring (bicyclic) bond motifs is 1. The van der Waals surface area contributed by atoms with Crippen LogP contribution in [0.1, 0.15) is 15.9 Å². The summed E-state index contributed by atoms with van der Waals surface area (Å²) >= 11 is 1.18. The number of rotatable bonds is 4. The molecule has 8 heteroatoms. The molecule has 0 bridgehead atoms. The zero-order valence-corrected chi connectivity index (χ0v) is 16.5. The molecule has 4 aromatic rings. The van der Waals surface area contributed by atoms with Crippen molar-refractivity contribution < 1.29 is 18.7 Å². The normalized spacial score (nSPS) is 10.5. The molecule has 0 saturated carbocycles. The number of aryl methyl sites for hydroxylation is 1. The van der Waals surface area contributed by atoms with Crippen LogP contribution >= 0.6 is 11.8 Å². The predicted octanol–water partition coefficient (Wildman–Crippen LogP) is 4.56. The average Bonchev–Trinajstić information content (AvgIpc) is 3.15. The van der Waals surface area contributed by atoms with Gasteiger partial charge in [0.2, 0.25) is 0 Å². The molecule has 0 fully saturated rings. The predicted molar refractivity (Wildman–Crippen MR) is 107 cm³/mol. The summed E-state index contributed by atoms with van der Waals surface area (Å²) in [5, 5.41) is 15.4. The van der Waals surface area contributed by atoms with Gasteiger partial charge in [-0.3, -0.25) is 9.20 Å². The number of aromatic nitrogens is 3. The van der Waals surface area contributed by atoms with E-state index in [-0.39, 0.29) is 0 Å². The molecule has 0 saturated heterocycles. The first-order chi connectivity index (χ1) is 14.0. The molecule has 4 rings (SSSR count). The van der Waals surface area contributed by atoms with Crippen molar-refractivity contribution in [3.05, 3.63) is 77.5 Å². The van der Waals surface area contributed by atoms with E-state index in [4.69, 9.17) is 5.11 Å². The van der Waals surface area contributed by atoms with Crippen LogP contribution in [0.3, 0.4) is 0 Å². The number of aliphatic hydroxyl groups is 1. The van der Waals surface area contributed by atoms with Gasteiger partial charge in [-0.25, -0.2) is 8.78 Å². The summed E-state index contributed by atoms with van der Waals surface area (Å²) in [5.74, 6) is -0.634. The Hall–Kier alpha value is -3.10.